The molecule has 0 saturated carbocycles. The molecule has 1 aromatic rings. The molecule has 0 saturated heterocycles. The van der Waals surface area contributed by atoms with Crippen molar-refractivity contribution in [1.29, 1.82) is 0 Å². The van der Waals surface area contributed by atoms with E-state index in [1.807, 2.05) is 13.8 Å². The van der Waals surface area contributed by atoms with E-state index in [0.29, 0.717) is 0 Å². The summed E-state index contributed by atoms with van der Waals surface area (Å²) in [6, 6.07) is 4.36. The van der Waals surface area contributed by atoms with Crippen molar-refractivity contribution in [3.63, 3.8) is 0 Å². The fraction of sp³-hybridized carbons (Fsp3) is 0.182. The normalized spacial score (nSPS) is 9.67. The second kappa shape index (κ2) is 4.77. The summed E-state index contributed by atoms with van der Waals surface area (Å²) >= 11 is 0. The minimum Gasteiger partial charge on any atom is -0.430 e. The first kappa shape index (κ1) is 11.5. The van der Waals surface area contributed by atoms with Crippen molar-refractivity contribution in [3.8, 4) is 5.75 Å². The Kier molecular flexibility index (Phi) is 3.66. The number of halogens is 3. The molecule has 0 spiro atoms. The van der Waals surface area contributed by atoms with Crippen LogP contribution >= 0.6 is 0 Å². The van der Waals surface area contributed by atoms with E-state index in [1.54, 1.807) is 12.1 Å². The molecule has 0 unspecified atom stereocenters. The standard InChI is InChI=1S/C11H10F3O/c1-7(2)8-3-5-9(6-4-8)15-11(14)10(12)13/h3-6H,1-2H3/q-1. The van der Waals surface area contributed by atoms with Crippen LogP contribution in [0.1, 0.15) is 19.4 Å². The highest BCUT2D eigenvalue weighted by molar-refractivity contribution is 5.34. The lowest BCUT2D eigenvalue weighted by molar-refractivity contribution is 0.241. The Hall–Kier alpha value is -1.58. The Morgan fingerprint density at radius 3 is 2.00 bits per heavy atom. The van der Waals surface area contributed by atoms with E-state index in [2.05, 4.69) is 4.74 Å². The lowest BCUT2D eigenvalue weighted by atomic mass is 10.0. The number of hydrogen-bond acceptors (Lipinski definition) is 1. The number of hydrogen-bond donors (Lipinski definition) is 0. The molecule has 0 bridgehead atoms. The molecule has 0 aliphatic heterocycles. The highest BCUT2D eigenvalue weighted by Crippen LogP contribution is 2.21. The Morgan fingerprint density at radius 2 is 1.60 bits per heavy atom. The predicted octanol–water partition coefficient (Wildman–Crippen LogP) is 4.06. The fourth-order valence-electron chi connectivity index (χ4n) is 0.998. The molecule has 0 aliphatic carbocycles. The third kappa shape index (κ3) is 3.23. The maximum absolute atomic E-state index is 12.4. The van der Waals surface area contributed by atoms with E-state index in [-0.39, 0.29) is 5.75 Å². The van der Waals surface area contributed by atoms with Gasteiger partial charge in [0.2, 0.25) is 0 Å². The van der Waals surface area contributed by atoms with Gasteiger partial charge in [0.25, 0.3) is 0 Å². The van der Waals surface area contributed by atoms with Gasteiger partial charge in [-0.05, 0) is 0 Å². The van der Waals surface area contributed by atoms with Crippen LogP contribution in [0.2, 0.25) is 0 Å². The number of rotatable bonds is 3. The predicted molar refractivity (Wildman–Crippen MR) is 51.1 cm³/mol. The number of ether oxygens (including phenoxy) is 1. The molecular formula is C11H10F3O-. The minimum atomic E-state index is -2.46. The molecule has 0 atom stereocenters. The first-order valence-electron chi connectivity index (χ1n) is 4.30. The SMILES string of the molecule is C[C-](C)c1ccc(OC(F)=C(F)F)cc1. The summed E-state index contributed by atoms with van der Waals surface area (Å²) in [5.74, 6) is 1.12. The second-order valence-corrected chi connectivity index (χ2v) is 3.16. The zero-order valence-corrected chi connectivity index (χ0v) is 8.35. The molecule has 0 N–H and O–H groups in total. The fourth-order valence-corrected chi connectivity index (χ4v) is 0.998. The maximum atomic E-state index is 12.4. The van der Waals surface area contributed by atoms with Crippen molar-refractivity contribution in [1.82, 2.24) is 0 Å². The summed E-state index contributed by atoms with van der Waals surface area (Å²) in [5, 5.41) is 0. The quantitative estimate of drug-likeness (QED) is 0.545. The molecule has 0 fully saturated rings. The molecule has 0 aliphatic rings. The largest absolute Gasteiger partial charge is 0.430 e. The van der Waals surface area contributed by atoms with E-state index < -0.39 is 12.1 Å². The zero-order valence-electron chi connectivity index (χ0n) is 8.35. The van der Waals surface area contributed by atoms with Crippen molar-refractivity contribution in [2.24, 2.45) is 0 Å². The van der Waals surface area contributed by atoms with Gasteiger partial charge in [0.15, 0.2) is 0 Å². The Bertz CT molecular complexity index is 351. The monoisotopic (exact) mass is 215 g/mol. The molecular weight excluding hydrogens is 205 g/mol. The zero-order chi connectivity index (χ0) is 11.4. The highest BCUT2D eigenvalue weighted by Gasteiger charge is 2.06. The molecule has 1 nitrogen and oxygen atoms in total. The number of benzene rings is 1. The molecule has 0 aromatic heterocycles. The van der Waals surface area contributed by atoms with E-state index in [9.17, 15) is 13.2 Å². The molecule has 15 heavy (non-hydrogen) atoms. The first-order chi connectivity index (χ1) is 7.00. The molecule has 1 aromatic carbocycles. The third-order valence-electron chi connectivity index (χ3n) is 1.79. The molecule has 1 rings (SSSR count). The molecule has 82 valence electrons. The van der Waals surface area contributed by atoms with Gasteiger partial charge in [0.1, 0.15) is 5.75 Å². The Balaban J connectivity index is 2.78. The Morgan fingerprint density at radius 1 is 1.07 bits per heavy atom. The molecule has 0 radical (unpaired) electrons. The van der Waals surface area contributed by atoms with Crippen molar-refractivity contribution < 1.29 is 17.9 Å². The average Bonchev–Trinajstić information content (AvgIpc) is 2.18. The lowest BCUT2D eigenvalue weighted by Gasteiger charge is -2.15. The van der Waals surface area contributed by atoms with Crippen LogP contribution in [-0.4, -0.2) is 0 Å². The van der Waals surface area contributed by atoms with Crippen LogP contribution in [0.3, 0.4) is 0 Å². The van der Waals surface area contributed by atoms with Gasteiger partial charge in [-0.3, -0.25) is 0 Å². The van der Waals surface area contributed by atoms with Gasteiger partial charge in [-0.1, -0.05) is 26.0 Å². The van der Waals surface area contributed by atoms with Crippen molar-refractivity contribution in [3.05, 3.63) is 47.8 Å². The van der Waals surface area contributed by atoms with Crippen LogP contribution in [0.4, 0.5) is 13.2 Å². The summed E-state index contributed by atoms with van der Waals surface area (Å²) in [5.41, 5.74) is 0.951. The minimum absolute atomic E-state index is 0.0466. The van der Waals surface area contributed by atoms with Crippen LogP contribution in [0.5, 0.6) is 5.75 Å². The lowest BCUT2D eigenvalue weighted by Crippen LogP contribution is -1.92. The van der Waals surface area contributed by atoms with Crippen molar-refractivity contribution in [2.45, 2.75) is 13.8 Å². The topological polar surface area (TPSA) is 9.23 Å². The summed E-state index contributed by atoms with van der Waals surface area (Å²) in [7, 11) is 0. The van der Waals surface area contributed by atoms with Crippen LogP contribution in [0.15, 0.2) is 36.4 Å². The summed E-state index contributed by atoms with van der Waals surface area (Å²) in [6.07, 6.45) is -2.46. The maximum Gasteiger partial charge on any atom is 0.344 e. The molecule has 0 amide bonds. The Labute approximate surface area is 86.2 Å². The van der Waals surface area contributed by atoms with Gasteiger partial charge in [-0.15, -0.1) is 0 Å². The molecule has 4 heteroatoms. The van der Waals surface area contributed by atoms with E-state index >= 15 is 0 Å². The van der Waals surface area contributed by atoms with Crippen LogP contribution in [0.25, 0.3) is 0 Å². The van der Waals surface area contributed by atoms with Gasteiger partial charge >= 0.3 is 12.1 Å². The van der Waals surface area contributed by atoms with Gasteiger partial charge < -0.3 is 4.74 Å². The van der Waals surface area contributed by atoms with Crippen molar-refractivity contribution >= 4 is 0 Å². The summed E-state index contributed by atoms with van der Waals surface area (Å²) in [4.78, 5) is 0. The first-order valence-corrected chi connectivity index (χ1v) is 4.30. The van der Waals surface area contributed by atoms with Gasteiger partial charge in [-0.2, -0.15) is 36.8 Å². The van der Waals surface area contributed by atoms with Gasteiger partial charge in [0, 0.05) is 0 Å². The van der Waals surface area contributed by atoms with Crippen LogP contribution < -0.4 is 4.74 Å². The van der Waals surface area contributed by atoms with E-state index in [1.165, 1.54) is 12.1 Å². The van der Waals surface area contributed by atoms with Crippen LogP contribution in [-0.2, 0) is 0 Å². The van der Waals surface area contributed by atoms with E-state index in [4.69, 9.17) is 0 Å². The van der Waals surface area contributed by atoms with E-state index in [0.717, 1.165) is 11.5 Å². The average molecular weight is 215 g/mol. The van der Waals surface area contributed by atoms with Crippen LogP contribution in [0, 0.1) is 5.92 Å². The van der Waals surface area contributed by atoms with Crippen molar-refractivity contribution in [2.75, 3.05) is 0 Å². The summed E-state index contributed by atoms with van der Waals surface area (Å²) < 4.78 is 40.0. The smallest absolute Gasteiger partial charge is 0.344 e. The van der Waals surface area contributed by atoms with Gasteiger partial charge in [-0.25, -0.2) is 0 Å². The second-order valence-electron chi connectivity index (χ2n) is 3.16. The summed E-state index contributed by atoms with van der Waals surface area (Å²) in [6.45, 7) is 3.83. The highest BCUT2D eigenvalue weighted by atomic mass is 19.3. The van der Waals surface area contributed by atoms with Gasteiger partial charge in [0.05, 0.1) is 0 Å². The third-order valence-corrected chi connectivity index (χ3v) is 1.79. The molecule has 0 heterocycles.